The Balaban J connectivity index is 2.30. The zero-order chi connectivity index (χ0) is 11.7. The monoisotopic (exact) mass is 242 g/mol. The molecule has 2 nitrogen and oxygen atoms in total. The lowest BCUT2D eigenvalue weighted by Gasteiger charge is -2.38. The molecular formula is C12H16ClFN2. The summed E-state index contributed by atoms with van der Waals surface area (Å²) in [4.78, 5) is 4.39. The molecule has 1 aromatic carbocycles. The van der Waals surface area contributed by atoms with Gasteiger partial charge in [-0.05, 0) is 32.3 Å². The second kappa shape index (κ2) is 4.70. The molecule has 2 rings (SSSR count). The van der Waals surface area contributed by atoms with Crippen molar-refractivity contribution in [1.29, 1.82) is 0 Å². The Morgan fingerprint density at radius 1 is 1.31 bits per heavy atom. The molecule has 1 fully saturated rings. The molecule has 0 aromatic heterocycles. The maximum atomic E-state index is 13.8. The number of halogens is 2. The van der Waals surface area contributed by atoms with Gasteiger partial charge in [0.25, 0.3) is 0 Å². The van der Waals surface area contributed by atoms with Gasteiger partial charge in [-0.2, -0.15) is 0 Å². The quantitative estimate of drug-likeness (QED) is 0.746. The first-order valence-corrected chi connectivity index (χ1v) is 5.79. The molecule has 0 bridgehead atoms. The van der Waals surface area contributed by atoms with Crippen LogP contribution in [-0.4, -0.2) is 43.5 Å². The van der Waals surface area contributed by atoms with Crippen LogP contribution in [-0.2, 0) is 0 Å². The van der Waals surface area contributed by atoms with Gasteiger partial charge in [-0.3, -0.25) is 4.90 Å². The molecule has 1 unspecified atom stereocenters. The van der Waals surface area contributed by atoms with E-state index in [1.807, 2.05) is 7.05 Å². The van der Waals surface area contributed by atoms with E-state index >= 15 is 0 Å². The highest BCUT2D eigenvalue weighted by Gasteiger charge is 2.25. The van der Waals surface area contributed by atoms with E-state index in [9.17, 15) is 4.39 Å². The Labute approximate surface area is 101 Å². The third-order valence-corrected chi connectivity index (χ3v) is 3.40. The second-order valence-electron chi connectivity index (χ2n) is 4.42. The third kappa shape index (κ3) is 2.37. The lowest BCUT2D eigenvalue weighted by Crippen LogP contribution is -2.45. The summed E-state index contributed by atoms with van der Waals surface area (Å²) in [5.41, 5.74) is 0.696. The van der Waals surface area contributed by atoms with Gasteiger partial charge in [-0.1, -0.05) is 11.6 Å². The zero-order valence-corrected chi connectivity index (χ0v) is 10.3. The summed E-state index contributed by atoms with van der Waals surface area (Å²) in [7, 11) is 4.08. The smallest absolute Gasteiger partial charge is 0.128 e. The largest absolute Gasteiger partial charge is 0.303 e. The predicted octanol–water partition coefficient (Wildman–Crippen LogP) is 2.40. The molecule has 0 N–H and O–H groups in total. The van der Waals surface area contributed by atoms with Gasteiger partial charge in [0.2, 0.25) is 0 Å². The molecular weight excluding hydrogens is 227 g/mol. The van der Waals surface area contributed by atoms with Crippen molar-refractivity contribution in [2.45, 2.75) is 6.04 Å². The summed E-state index contributed by atoms with van der Waals surface area (Å²) in [6.07, 6.45) is 0. The topological polar surface area (TPSA) is 6.48 Å². The van der Waals surface area contributed by atoms with Crippen molar-refractivity contribution in [3.8, 4) is 0 Å². The number of nitrogens with zero attached hydrogens (tertiary/aromatic N) is 2. The van der Waals surface area contributed by atoms with Crippen LogP contribution in [0, 0.1) is 5.82 Å². The molecule has 1 saturated heterocycles. The van der Waals surface area contributed by atoms with Crippen molar-refractivity contribution in [3.63, 3.8) is 0 Å². The standard InChI is InChI=1S/C12H16ClFN2/c1-15-5-6-16(2)12(8-15)10-7-9(13)3-4-11(10)14/h3-4,7,12H,5-6,8H2,1-2H3. The fraction of sp³-hybridized carbons (Fsp3) is 0.500. The normalized spacial score (nSPS) is 23.6. The van der Waals surface area contributed by atoms with Crippen molar-refractivity contribution in [2.75, 3.05) is 33.7 Å². The highest BCUT2D eigenvalue weighted by Crippen LogP contribution is 2.27. The summed E-state index contributed by atoms with van der Waals surface area (Å²) >= 11 is 5.92. The SMILES string of the molecule is CN1CCN(C)C(c2cc(Cl)ccc2F)C1. The maximum Gasteiger partial charge on any atom is 0.128 e. The van der Waals surface area contributed by atoms with Crippen molar-refractivity contribution < 1.29 is 4.39 Å². The minimum absolute atomic E-state index is 0.0949. The van der Waals surface area contributed by atoms with Crippen molar-refractivity contribution >= 4 is 11.6 Å². The van der Waals surface area contributed by atoms with E-state index in [-0.39, 0.29) is 11.9 Å². The van der Waals surface area contributed by atoms with Gasteiger partial charge in [0.05, 0.1) is 6.04 Å². The molecule has 1 heterocycles. The molecule has 0 spiro atoms. The van der Waals surface area contributed by atoms with Crippen molar-refractivity contribution in [2.24, 2.45) is 0 Å². The van der Waals surface area contributed by atoms with E-state index in [1.54, 1.807) is 12.1 Å². The Kier molecular flexibility index (Phi) is 3.47. The van der Waals surface area contributed by atoms with Gasteiger partial charge in [0.15, 0.2) is 0 Å². The van der Waals surface area contributed by atoms with Crippen LogP contribution in [0.5, 0.6) is 0 Å². The highest BCUT2D eigenvalue weighted by atomic mass is 35.5. The molecule has 4 heteroatoms. The van der Waals surface area contributed by atoms with Gasteiger partial charge in [0, 0.05) is 30.2 Å². The van der Waals surface area contributed by atoms with Crippen molar-refractivity contribution in [1.82, 2.24) is 9.80 Å². The molecule has 1 atom stereocenters. The minimum Gasteiger partial charge on any atom is -0.303 e. The van der Waals surface area contributed by atoms with Crippen LogP contribution in [0.25, 0.3) is 0 Å². The first kappa shape index (κ1) is 11.8. The van der Waals surface area contributed by atoms with Crippen molar-refractivity contribution in [3.05, 3.63) is 34.6 Å². The van der Waals surface area contributed by atoms with Gasteiger partial charge in [0.1, 0.15) is 5.82 Å². The Bertz CT molecular complexity index is 383. The second-order valence-corrected chi connectivity index (χ2v) is 4.86. The van der Waals surface area contributed by atoms with Gasteiger partial charge in [-0.25, -0.2) is 4.39 Å². The number of hydrogen-bond donors (Lipinski definition) is 0. The van der Waals surface area contributed by atoms with E-state index in [0.29, 0.717) is 10.6 Å². The molecule has 0 aliphatic carbocycles. The van der Waals surface area contributed by atoms with E-state index in [1.165, 1.54) is 6.07 Å². The van der Waals surface area contributed by atoms with Crippen LogP contribution in [0.1, 0.15) is 11.6 Å². The van der Waals surface area contributed by atoms with Gasteiger partial charge < -0.3 is 4.90 Å². The third-order valence-electron chi connectivity index (χ3n) is 3.17. The Morgan fingerprint density at radius 2 is 2.06 bits per heavy atom. The maximum absolute atomic E-state index is 13.8. The fourth-order valence-corrected chi connectivity index (χ4v) is 2.30. The number of likely N-dealkylation sites (N-methyl/N-ethyl adjacent to an activating group) is 2. The van der Waals surface area contributed by atoms with Crippen LogP contribution in [0.4, 0.5) is 4.39 Å². The molecule has 0 amide bonds. The van der Waals surface area contributed by atoms with Crippen LogP contribution in [0.2, 0.25) is 5.02 Å². The summed E-state index contributed by atoms with van der Waals surface area (Å²) in [6.45, 7) is 2.82. The van der Waals surface area contributed by atoms with Gasteiger partial charge in [-0.15, -0.1) is 0 Å². The molecule has 0 radical (unpaired) electrons. The molecule has 1 aliphatic rings. The van der Waals surface area contributed by atoms with E-state index in [4.69, 9.17) is 11.6 Å². The molecule has 88 valence electrons. The van der Waals surface area contributed by atoms with Crippen LogP contribution < -0.4 is 0 Å². The van der Waals surface area contributed by atoms with Gasteiger partial charge >= 0.3 is 0 Å². The Morgan fingerprint density at radius 3 is 2.81 bits per heavy atom. The van der Waals surface area contributed by atoms with Crippen LogP contribution in [0.15, 0.2) is 18.2 Å². The number of piperazine rings is 1. The summed E-state index contributed by atoms with van der Waals surface area (Å²) in [5, 5.41) is 0.595. The Hall–Kier alpha value is -0.640. The first-order chi connectivity index (χ1) is 7.58. The summed E-state index contributed by atoms with van der Waals surface area (Å²) in [6, 6.07) is 4.86. The zero-order valence-electron chi connectivity index (χ0n) is 9.58. The fourth-order valence-electron chi connectivity index (χ4n) is 2.12. The molecule has 1 aliphatic heterocycles. The molecule has 16 heavy (non-hydrogen) atoms. The minimum atomic E-state index is -0.170. The summed E-state index contributed by atoms with van der Waals surface area (Å²) < 4.78 is 13.8. The number of hydrogen-bond acceptors (Lipinski definition) is 2. The lowest BCUT2D eigenvalue weighted by molar-refractivity contribution is 0.112. The molecule has 1 aromatic rings. The number of benzene rings is 1. The average molecular weight is 243 g/mol. The number of rotatable bonds is 1. The average Bonchev–Trinajstić information content (AvgIpc) is 2.25. The first-order valence-electron chi connectivity index (χ1n) is 5.41. The predicted molar refractivity (Wildman–Crippen MR) is 64.3 cm³/mol. The highest BCUT2D eigenvalue weighted by molar-refractivity contribution is 6.30. The van der Waals surface area contributed by atoms with Crippen LogP contribution >= 0.6 is 11.6 Å². The van der Waals surface area contributed by atoms with E-state index < -0.39 is 0 Å². The lowest BCUT2D eigenvalue weighted by atomic mass is 10.0. The van der Waals surface area contributed by atoms with E-state index in [0.717, 1.165) is 19.6 Å². The summed E-state index contributed by atoms with van der Waals surface area (Å²) in [5.74, 6) is -0.170. The molecule has 0 saturated carbocycles. The van der Waals surface area contributed by atoms with Crippen LogP contribution in [0.3, 0.4) is 0 Å². The van der Waals surface area contributed by atoms with E-state index in [2.05, 4.69) is 16.8 Å².